The van der Waals surface area contributed by atoms with Gasteiger partial charge in [0.1, 0.15) is 0 Å². The first kappa shape index (κ1) is 10.8. The van der Waals surface area contributed by atoms with E-state index in [-0.39, 0.29) is 11.1 Å². The van der Waals surface area contributed by atoms with Crippen molar-refractivity contribution in [2.24, 2.45) is 11.8 Å². The molecule has 0 radical (unpaired) electrons. The van der Waals surface area contributed by atoms with E-state index in [1.165, 1.54) is 0 Å². The van der Waals surface area contributed by atoms with Gasteiger partial charge in [-0.2, -0.15) is 0 Å². The summed E-state index contributed by atoms with van der Waals surface area (Å²) in [5, 5.41) is 3.43. The van der Waals surface area contributed by atoms with E-state index >= 15 is 0 Å². The average Bonchev–Trinajstić information content (AvgIpc) is 2.83. The summed E-state index contributed by atoms with van der Waals surface area (Å²) in [6, 6.07) is 0. The van der Waals surface area contributed by atoms with Crippen LogP contribution in [0.5, 0.6) is 0 Å². The zero-order valence-corrected chi connectivity index (χ0v) is 10.2. The molecule has 0 aliphatic carbocycles. The van der Waals surface area contributed by atoms with Gasteiger partial charge < -0.3 is 15.2 Å². The van der Waals surface area contributed by atoms with Gasteiger partial charge in [0.15, 0.2) is 5.82 Å². The number of aromatic amines is 1. The number of anilines is 1. The third-order valence-electron chi connectivity index (χ3n) is 4.30. The van der Waals surface area contributed by atoms with Gasteiger partial charge in [0.2, 0.25) is 0 Å². The molecule has 0 bridgehead atoms. The Hall–Kier alpha value is -1.36. The second kappa shape index (κ2) is 3.57. The van der Waals surface area contributed by atoms with Gasteiger partial charge >= 0.3 is 0 Å². The molecule has 2 aliphatic heterocycles. The Bertz CT molecular complexity index is 481. The maximum absolute atomic E-state index is 11.8. The molecule has 2 unspecified atom stereocenters. The van der Waals surface area contributed by atoms with Crippen LogP contribution in [0.3, 0.4) is 0 Å². The number of aromatic nitrogens is 2. The van der Waals surface area contributed by atoms with Crippen molar-refractivity contribution in [2.45, 2.75) is 19.4 Å². The molecule has 1 aromatic rings. The fourth-order valence-corrected chi connectivity index (χ4v) is 3.32. The number of fused-ring (bicyclic) bond motifs is 1. The first-order chi connectivity index (χ1) is 8.10. The van der Waals surface area contributed by atoms with Crippen molar-refractivity contribution >= 4 is 5.82 Å². The first-order valence-corrected chi connectivity index (χ1v) is 6.13. The second-order valence-electron chi connectivity index (χ2n) is 5.53. The Kier molecular flexibility index (Phi) is 2.26. The van der Waals surface area contributed by atoms with Crippen molar-refractivity contribution in [1.82, 2.24) is 15.3 Å². The van der Waals surface area contributed by atoms with E-state index in [1.807, 2.05) is 0 Å². The number of nitrogens with zero attached hydrogens (tertiary/aromatic N) is 2. The molecule has 17 heavy (non-hydrogen) atoms. The normalized spacial score (nSPS) is 30.6. The number of nitrogens with one attached hydrogen (secondary N) is 2. The lowest BCUT2D eigenvalue weighted by molar-refractivity contribution is 0.355. The molecule has 3 heterocycles. The highest BCUT2D eigenvalue weighted by atomic mass is 16.1. The fraction of sp³-hybridized carbons (Fsp3) is 0.667. The molecule has 2 atom stereocenters. The summed E-state index contributed by atoms with van der Waals surface area (Å²) >= 11 is 0. The summed E-state index contributed by atoms with van der Waals surface area (Å²) in [5.74, 6) is 1.79. The number of hydrogen-bond donors (Lipinski definition) is 2. The monoisotopic (exact) mass is 234 g/mol. The highest BCUT2D eigenvalue weighted by Gasteiger charge is 2.50. The van der Waals surface area contributed by atoms with Crippen LogP contribution in [-0.4, -0.2) is 35.1 Å². The van der Waals surface area contributed by atoms with Crippen molar-refractivity contribution in [3.63, 3.8) is 0 Å². The molecule has 92 valence electrons. The Balaban J connectivity index is 2.00. The van der Waals surface area contributed by atoms with Crippen LogP contribution in [0.2, 0.25) is 0 Å². The zero-order valence-electron chi connectivity index (χ0n) is 10.2. The predicted octanol–water partition coefficient (Wildman–Crippen LogP) is 0.204. The van der Waals surface area contributed by atoms with Crippen molar-refractivity contribution in [2.75, 3.05) is 24.5 Å². The standard InChI is InChI=1S/C12H18N4O/c1-12(2)9-6-13-5-8(9)7-16(12)10-11(17)15-4-3-14-10/h3-4,8-9,13H,5-7H2,1-2H3,(H,15,17). The molecular weight excluding hydrogens is 216 g/mol. The smallest absolute Gasteiger partial charge is 0.290 e. The summed E-state index contributed by atoms with van der Waals surface area (Å²) in [6.45, 7) is 7.43. The van der Waals surface area contributed by atoms with Gasteiger partial charge in [-0.25, -0.2) is 4.98 Å². The quantitative estimate of drug-likeness (QED) is 0.729. The largest absolute Gasteiger partial charge is 0.346 e. The highest BCUT2D eigenvalue weighted by Crippen LogP contribution is 2.41. The lowest BCUT2D eigenvalue weighted by Gasteiger charge is -2.35. The lowest BCUT2D eigenvalue weighted by Crippen LogP contribution is -2.47. The Morgan fingerprint density at radius 2 is 2.29 bits per heavy atom. The Labute approximate surface area is 100 Å². The summed E-state index contributed by atoms with van der Waals surface area (Å²) in [6.07, 6.45) is 3.23. The topological polar surface area (TPSA) is 61.0 Å². The molecule has 2 saturated heterocycles. The average molecular weight is 234 g/mol. The predicted molar refractivity (Wildman–Crippen MR) is 66.1 cm³/mol. The molecule has 3 rings (SSSR count). The van der Waals surface area contributed by atoms with Crippen molar-refractivity contribution in [3.05, 3.63) is 22.7 Å². The number of H-pyrrole nitrogens is 1. The third-order valence-corrected chi connectivity index (χ3v) is 4.30. The van der Waals surface area contributed by atoms with E-state index in [0.717, 1.165) is 19.6 Å². The maximum atomic E-state index is 11.8. The fourth-order valence-electron chi connectivity index (χ4n) is 3.32. The van der Waals surface area contributed by atoms with Gasteiger partial charge in [0.05, 0.1) is 0 Å². The number of hydrogen-bond acceptors (Lipinski definition) is 4. The van der Waals surface area contributed by atoms with Gasteiger partial charge in [-0.1, -0.05) is 0 Å². The van der Waals surface area contributed by atoms with E-state index in [9.17, 15) is 4.79 Å². The molecule has 0 spiro atoms. The molecule has 2 aliphatic rings. The molecule has 2 fully saturated rings. The van der Waals surface area contributed by atoms with Crippen LogP contribution in [0.15, 0.2) is 17.2 Å². The van der Waals surface area contributed by atoms with Gasteiger partial charge in [0.25, 0.3) is 5.56 Å². The molecular formula is C12H18N4O. The van der Waals surface area contributed by atoms with Crippen molar-refractivity contribution in [3.8, 4) is 0 Å². The zero-order chi connectivity index (χ0) is 12.0. The molecule has 0 aromatic carbocycles. The SMILES string of the molecule is CC1(C)C2CNCC2CN1c1ncc[nH]c1=O. The minimum absolute atomic E-state index is 0.00444. The molecule has 2 N–H and O–H groups in total. The van der Waals surface area contributed by atoms with E-state index < -0.39 is 0 Å². The van der Waals surface area contributed by atoms with E-state index in [4.69, 9.17) is 0 Å². The van der Waals surface area contributed by atoms with Crippen LogP contribution in [0.25, 0.3) is 0 Å². The van der Waals surface area contributed by atoms with Crippen LogP contribution < -0.4 is 15.8 Å². The van der Waals surface area contributed by atoms with E-state index in [2.05, 4.69) is 34.0 Å². The lowest BCUT2D eigenvalue weighted by atomic mass is 9.85. The highest BCUT2D eigenvalue weighted by molar-refractivity contribution is 5.42. The summed E-state index contributed by atoms with van der Waals surface area (Å²) < 4.78 is 0. The van der Waals surface area contributed by atoms with Crippen LogP contribution >= 0.6 is 0 Å². The van der Waals surface area contributed by atoms with Crippen molar-refractivity contribution < 1.29 is 0 Å². The second-order valence-corrected chi connectivity index (χ2v) is 5.53. The third kappa shape index (κ3) is 1.49. The summed E-state index contributed by atoms with van der Waals surface area (Å²) in [4.78, 5) is 21.0. The van der Waals surface area contributed by atoms with Crippen LogP contribution in [-0.2, 0) is 0 Å². The Morgan fingerprint density at radius 3 is 3.00 bits per heavy atom. The molecule has 5 heteroatoms. The Morgan fingerprint density at radius 1 is 1.47 bits per heavy atom. The minimum atomic E-state index is -0.0893. The van der Waals surface area contributed by atoms with Crippen LogP contribution in [0.1, 0.15) is 13.8 Å². The van der Waals surface area contributed by atoms with E-state index in [1.54, 1.807) is 12.4 Å². The van der Waals surface area contributed by atoms with Gasteiger partial charge in [0, 0.05) is 37.6 Å². The maximum Gasteiger partial charge on any atom is 0.290 e. The van der Waals surface area contributed by atoms with Crippen LogP contribution in [0, 0.1) is 11.8 Å². The molecule has 0 amide bonds. The summed E-state index contributed by atoms with van der Waals surface area (Å²) in [5.41, 5.74) is -0.0938. The molecule has 1 aromatic heterocycles. The first-order valence-electron chi connectivity index (χ1n) is 6.13. The minimum Gasteiger partial charge on any atom is -0.346 e. The van der Waals surface area contributed by atoms with E-state index in [0.29, 0.717) is 17.7 Å². The molecule has 0 saturated carbocycles. The van der Waals surface area contributed by atoms with Crippen molar-refractivity contribution in [1.29, 1.82) is 0 Å². The molecule has 5 nitrogen and oxygen atoms in total. The number of rotatable bonds is 1. The van der Waals surface area contributed by atoms with Gasteiger partial charge in [-0.05, 0) is 25.7 Å². The summed E-state index contributed by atoms with van der Waals surface area (Å²) in [7, 11) is 0. The van der Waals surface area contributed by atoms with Crippen LogP contribution in [0.4, 0.5) is 5.82 Å². The van der Waals surface area contributed by atoms with Gasteiger partial charge in [-0.3, -0.25) is 4.79 Å². The van der Waals surface area contributed by atoms with Gasteiger partial charge in [-0.15, -0.1) is 0 Å².